The van der Waals surface area contributed by atoms with Gasteiger partial charge < -0.3 is 10.6 Å². The lowest BCUT2D eigenvalue weighted by atomic mass is 10.1. The highest BCUT2D eigenvalue weighted by Gasteiger charge is 2.08. The first-order valence-electron chi connectivity index (χ1n) is 6.48. The third-order valence-electron chi connectivity index (χ3n) is 2.87. The Morgan fingerprint density at radius 2 is 1.95 bits per heavy atom. The molecule has 1 aromatic carbocycles. The average Bonchev–Trinajstić information content (AvgIpc) is 2.81. The molecule has 0 unspecified atom stereocenters. The summed E-state index contributed by atoms with van der Waals surface area (Å²) in [7, 11) is 0. The van der Waals surface area contributed by atoms with E-state index in [1.54, 1.807) is 0 Å². The first-order valence-corrected chi connectivity index (χ1v) is 7.25. The van der Waals surface area contributed by atoms with Gasteiger partial charge >= 0.3 is 0 Å². The first kappa shape index (κ1) is 14.5. The molecule has 5 nitrogen and oxygen atoms in total. The predicted molar refractivity (Wildman–Crippen MR) is 82.8 cm³/mol. The van der Waals surface area contributed by atoms with Gasteiger partial charge in [0.05, 0.1) is 0 Å². The Balaban J connectivity index is 2.23. The molecule has 2 N–H and O–H groups in total. The molecule has 1 heterocycles. The van der Waals surface area contributed by atoms with Gasteiger partial charge in [-0.3, -0.25) is 4.79 Å². The van der Waals surface area contributed by atoms with Gasteiger partial charge in [0.15, 0.2) is 0 Å². The van der Waals surface area contributed by atoms with Gasteiger partial charge in [0.25, 0.3) is 0 Å². The fraction of sp³-hybridized carbons (Fsp3) is 0.357. The number of aryl methyl sites for hydroxylation is 3. The van der Waals surface area contributed by atoms with Crippen LogP contribution >= 0.6 is 11.5 Å². The van der Waals surface area contributed by atoms with Crippen molar-refractivity contribution in [2.24, 2.45) is 0 Å². The van der Waals surface area contributed by atoms with Crippen molar-refractivity contribution < 1.29 is 4.79 Å². The number of carbonyl (C=O) groups excluding carboxylic acids is 1. The number of anilines is 3. The maximum atomic E-state index is 11.2. The topological polar surface area (TPSA) is 66.9 Å². The van der Waals surface area contributed by atoms with E-state index in [0.29, 0.717) is 0 Å². The van der Waals surface area contributed by atoms with Crippen molar-refractivity contribution in [2.75, 3.05) is 10.6 Å². The Morgan fingerprint density at radius 1 is 1.30 bits per heavy atom. The number of benzene rings is 1. The van der Waals surface area contributed by atoms with Crippen LogP contribution in [-0.2, 0) is 11.2 Å². The summed E-state index contributed by atoms with van der Waals surface area (Å²) in [6.07, 6.45) is 0.831. The molecule has 2 aromatic rings. The predicted octanol–water partition coefficient (Wildman–Crippen LogP) is 3.42. The SMILES string of the molecule is CCc1nsc(Nc2cc(C)c(NC(C)=O)c(C)c2)n1. The highest BCUT2D eigenvalue weighted by atomic mass is 32.1. The fourth-order valence-electron chi connectivity index (χ4n) is 1.98. The van der Waals surface area contributed by atoms with E-state index in [9.17, 15) is 4.79 Å². The Kier molecular flexibility index (Phi) is 4.34. The summed E-state index contributed by atoms with van der Waals surface area (Å²) in [6.45, 7) is 7.49. The highest BCUT2D eigenvalue weighted by Crippen LogP contribution is 2.27. The first-order chi connectivity index (χ1) is 9.49. The molecule has 106 valence electrons. The maximum Gasteiger partial charge on any atom is 0.221 e. The number of rotatable bonds is 4. The number of amides is 1. The van der Waals surface area contributed by atoms with Crippen molar-refractivity contribution in [2.45, 2.75) is 34.1 Å². The minimum Gasteiger partial charge on any atom is -0.330 e. The smallest absolute Gasteiger partial charge is 0.221 e. The van der Waals surface area contributed by atoms with E-state index in [1.165, 1.54) is 18.5 Å². The third-order valence-corrected chi connectivity index (χ3v) is 3.54. The zero-order valence-corrected chi connectivity index (χ0v) is 12.9. The molecular weight excluding hydrogens is 272 g/mol. The van der Waals surface area contributed by atoms with Gasteiger partial charge in [-0.1, -0.05) is 6.92 Å². The number of carbonyl (C=O) groups is 1. The number of aromatic nitrogens is 2. The van der Waals surface area contributed by atoms with Crippen LogP contribution in [0.2, 0.25) is 0 Å². The van der Waals surface area contributed by atoms with E-state index in [-0.39, 0.29) is 5.91 Å². The van der Waals surface area contributed by atoms with E-state index in [0.717, 1.165) is 39.9 Å². The summed E-state index contributed by atoms with van der Waals surface area (Å²) in [4.78, 5) is 15.6. The summed E-state index contributed by atoms with van der Waals surface area (Å²) in [5.74, 6) is 0.787. The molecule has 0 aliphatic heterocycles. The van der Waals surface area contributed by atoms with Crippen LogP contribution in [0.5, 0.6) is 0 Å². The molecule has 0 aliphatic carbocycles. The van der Waals surface area contributed by atoms with Crippen molar-refractivity contribution in [1.82, 2.24) is 9.36 Å². The Hall–Kier alpha value is -1.95. The van der Waals surface area contributed by atoms with E-state index in [4.69, 9.17) is 0 Å². The van der Waals surface area contributed by atoms with Crippen molar-refractivity contribution in [3.8, 4) is 0 Å². The van der Waals surface area contributed by atoms with Crippen molar-refractivity contribution in [1.29, 1.82) is 0 Å². The minimum atomic E-state index is -0.0615. The van der Waals surface area contributed by atoms with Gasteiger partial charge in [0.1, 0.15) is 5.82 Å². The molecule has 0 aliphatic rings. The largest absolute Gasteiger partial charge is 0.330 e. The van der Waals surface area contributed by atoms with Crippen LogP contribution in [0.15, 0.2) is 12.1 Å². The van der Waals surface area contributed by atoms with Gasteiger partial charge in [-0.25, -0.2) is 4.98 Å². The number of nitrogens with zero attached hydrogens (tertiary/aromatic N) is 2. The fourth-order valence-corrected chi connectivity index (χ4v) is 2.65. The zero-order chi connectivity index (χ0) is 14.7. The molecule has 0 spiro atoms. The monoisotopic (exact) mass is 290 g/mol. The summed E-state index contributed by atoms with van der Waals surface area (Å²) in [5.41, 5.74) is 3.85. The van der Waals surface area contributed by atoms with E-state index < -0.39 is 0 Å². The van der Waals surface area contributed by atoms with Gasteiger partial charge in [-0.05, 0) is 37.1 Å². The standard InChI is InChI=1S/C14H18N4OS/c1-5-12-17-14(20-18-12)16-11-6-8(2)13(9(3)7-11)15-10(4)19/h6-7H,5H2,1-4H3,(H,15,19)(H,16,17,18). The second-order valence-electron chi connectivity index (χ2n) is 4.66. The van der Waals surface area contributed by atoms with Crippen LogP contribution in [0.1, 0.15) is 30.8 Å². The molecular formula is C14H18N4OS. The summed E-state index contributed by atoms with van der Waals surface area (Å²) in [5, 5.41) is 6.89. The van der Waals surface area contributed by atoms with E-state index in [1.807, 2.05) is 32.9 Å². The minimum absolute atomic E-state index is 0.0615. The van der Waals surface area contributed by atoms with Crippen LogP contribution in [-0.4, -0.2) is 15.3 Å². The van der Waals surface area contributed by atoms with Crippen LogP contribution in [0.25, 0.3) is 0 Å². The second kappa shape index (κ2) is 6.00. The molecule has 2 rings (SSSR count). The van der Waals surface area contributed by atoms with Crippen molar-refractivity contribution in [3.63, 3.8) is 0 Å². The molecule has 20 heavy (non-hydrogen) atoms. The average molecular weight is 290 g/mol. The number of hydrogen-bond acceptors (Lipinski definition) is 5. The molecule has 0 fully saturated rings. The molecule has 0 saturated carbocycles. The molecule has 6 heteroatoms. The van der Waals surface area contributed by atoms with Gasteiger partial charge in [-0.15, -0.1) is 0 Å². The summed E-state index contributed by atoms with van der Waals surface area (Å²) in [6, 6.07) is 3.98. The summed E-state index contributed by atoms with van der Waals surface area (Å²) < 4.78 is 4.24. The van der Waals surface area contributed by atoms with Crippen LogP contribution < -0.4 is 10.6 Å². The lowest BCUT2D eigenvalue weighted by molar-refractivity contribution is -0.114. The maximum absolute atomic E-state index is 11.2. The normalized spacial score (nSPS) is 10.4. The zero-order valence-electron chi connectivity index (χ0n) is 12.1. The van der Waals surface area contributed by atoms with Crippen molar-refractivity contribution >= 4 is 33.9 Å². The van der Waals surface area contributed by atoms with Crippen LogP contribution in [0.4, 0.5) is 16.5 Å². The third kappa shape index (κ3) is 3.33. The molecule has 0 saturated heterocycles. The van der Waals surface area contributed by atoms with Crippen LogP contribution in [0, 0.1) is 13.8 Å². The lowest BCUT2D eigenvalue weighted by Gasteiger charge is -2.13. The Morgan fingerprint density at radius 3 is 2.45 bits per heavy atom. The van der Waals surface area contributed by atoms with Crippen LogP contribution in [0.3, 0.4) is 0 Å². The molecule has 0 atom stereocenters. The van der Waals surface area contributed by atoms with Crippen molar-refractivity contribution in [3.05, 3.63) is 29.1 Å². The highest BCUT2D eigenvalue weighted by molar-refractivity contribution is 7.09. The van der Waals surface area contributed by atoms with Gasteiger partial charge in [0, 0.05) is 36.3 Å². The summed E-state index contributed by atoms with van der Waals surface area (Å²) >= 11 is 1.35. The van der Waals surface area contributed by atoms with E-state index >= 15 is 0 Å². The Labute approximate surface area is 122 Å². The second-order valence-corrected chi connectivity index (χ2v) is 5.41. The molecule has 1 amide bonds. The quantitative estimate of drug-likeness (QED) is 0.905. The molecule has 1 aromatic heterocycles. The Bertz CT molecular complexity index is 613. The lowest BCUT2D eigenvalue weighted by Crippen LogP contribution is -2.09. The molecule has 0 radical (unpaired) electrons. The van der Waals surface area contributed by atoms with E-state index in [2.05, 4.69) is 20.0 Å². The number of nitrogens with one attached hydrogen (secondary N) is 2. The number of hydrogen-bond donors (Lipinski definition) is 2. The molecule has 0 bridgehead atoms. The van der Waals surface area contributed by atoms with Gasteiger partial charge in [0.2, 0.25) is 11.0 Å². The van der Waals surface area contributed by atoms with Gasteiger partial charge in [-0.2, -0.15) is 4.37 Å².